The van der Waals surface area contributed by atoms with Crippen LogP contribution in [0.2, 0.25) is 5.02 Å². The number of carbonyl (C=O) groups is 2. The van der Waals surface area contributed by atoms with Gasteiger partial charge in [-0.1, -0.05) is 55.1 Å². The molecular formula is C23H28ClN3O5S. The van der Waals surface area contributed by atoms with Crippen molar-refractivity contribution >= 4 is 33.6 Å². The van der Waals surface area contributed by atoms with Crippen LogP contribution in [0.5, 0.6) is 5.75 Å². The Labute approximate surface area is 199 Å². The van der Waals surface area contributed by atoms with Crippen molar-refractivity contribution in [3.63, 3.8) is 0 Å². The Morgan fingerprint density at radius 3 is 2.45 bits per heavy atom. The van der Waals surface area contributed by atoms with Crippen molar-refractivity contribution in [3.8, 4) is 5.75 Å². The molecule has 10 heteroatoms. The lowest BCUT2D eigenvalue weighted by molar-refractivity contribution is 0.0936. The van der Waals surface area contributed by atoms with Crippen LogP contribution in [-0.2, 0) is 10.0 Å². The largest absolute Gasteiger partial charge is 0.496 e. The number of sulfonamides is 1. The van der Waals surface area contributed by atoms with Crippen molar-refractivity contribution in [1.29, 1.82) is 0 Å². The number of urea groups is 1. The van der Waals surface area contributed by atoms with Crippen LogP contribution < -0.4 is 20.1 Å². The first kappa shape index (κ1) is 24.9. The molecule has 3 amide bonds. The molecule has 0 aliphatic heterocycles. The molecule has 2 aromatic rings. The highest BCUT2D eigenvalue weighted by Crippen LogP contribution is 2.30. The van der Waals surface area contributed by atoms with Gasteiger partial charge in [0.05, 0.1) is 23.7 Å². The summed E-state index contributed by atoms with van der Waals surface area (Å²) in [5.74, 6) is -0.0477. The lowest BCUT2D eigenvalue weighted by Gasteiger charge is -2.23. The van der Waals surface area contributed by atoms with Crippen LogP contribution in [-0.4, -0.2) is 33.5 Å². The van der Waals surface area contributed by atoms with Gasteiger partial charge in [-0.15, -0.1) is 0 Å². The Kier molecular flexibility index (Phi) is 8.20. The quantitative estimate of drug-likeness (QED) is 0.536. The number of para-hydroxylation sites is 1. The number of carbonyl (C=O) groups excluding carboxylic acids is 2. The summed E-state index contributed by atoms with van der Waals surface area (Å²) in [6.07, 6.45) is 4.73. The Morgan fingerprint density at radius 1 is 1.06 bits per heavy atom. The van der Waals surface area contributed by atoms with Crippen LogP contribution in [0.15, 0.2) is 47.4 Å². The summed E-state index contributed by atoms with van der Waals surface area (Å²) in [5, 5.41) is 5.45. The van der Waals surface area contributed by atoms with Gasteiger partial charge < -0.3 is 15.4 Å². The first-order valence-electron chi connectivity index (χ1n) is 10.8. The number of benzene rings is 2. The van der Waals surface area contributed by atoms with E-state index in [1.54, 1.807) is 43.3 Å². The number of hydrogen-bond donors (Lipinski definition) is 3. The molecule has 0 radical (unpaired) electrons. The molecule has 3 rings (SSSR count). The second-order valence-corrected chi connectivity index (χ2v) is 9.99. The number of ether oxygens (including phenoxy) is 1. The van der Waals surface area contributed by atoms with Gasteiger partial charge in [-0.05, 0) is 43.5 Å². The predicted octanol–water partition coefficient (Wildman–Crippen LogP) is 4.16. The standard InChI is InChI=1S/C23H28ClN3O5S/c1-15(25-22(28)18-11-6-7-14-20(18)32-2)17-12-8-13-19(24)21(17)33(30,31)27-23(29)26-16-9-4-3-5-10-16/h6-8,11-16H,3-5,9-10H2,1-2H3,(H,25,28)(H2,26,27,29). The maximum absolute atomic E-state index is 13.1. The van der Waals surface area contributed by atoms with Crippen LogP contribution in [0, 0.1) is 0 Å². The topological polar surface area (TPSA) is 114 Å². The van der Waals surface area contributed by atoms with Crippen molar-refractivity contribution in [3.05, 3.63) is 58.6 Å². The van der Waals surface area contributed by atoms with E-state index in [9.17, 15) is 18.0 Å². The number of nitrogens with one attached hydrogen (secondary N) is 3. The van der Waals surface area contributed by atoms with Crippen LogP contribution in [0.3, 0.4) is 0 Å². The van der Waals surface area contributed by atoms with Gasteiger partial charge in [0.25, 0.3) is 15.9 Å². The van der Waals surface area contributed by atoms with Crippen molar-refractivity contribution in [1.82, 2.24) is 15.4 Å². The van der Waals surface area contributed by atoms with E-state index in [-0.39, 0.29) is 21.5 Å². The van der Waals surface area contributed by atoms with Crippen molar-refractivity contribution in [2.45, 2.75) is 56.0 Å². The summed E-state index contributed by atoms with van der Waals surface area (Å²) in [4.78, 5) is 24.9. The lowest BCUT2D eigenvalue weighted by atomic mass is 9.96. The fraction of sp³-hybridized carbons (Fsp3) is 0.391. The molecule has 0 aromatic heterocycles. The molecule has 2 aromatic carbocycles. The summed E-state index contributed by atoms with van der Waals surface area (Å²) < 4.78 is 33.5. The summed E-state index contributed by atoms with van der Waals surface area (Å²) in [5.41, 5.74) is 0.562. The number of hydrogen-bond acceptors (Lipinski definition) is 5. The minimum Gasteiger partial charge on any atom is -0.496 e. The molecule has 1 saturated carbocycles. The van der Waals surface area contributed by atoms with E-state index >= 15 is 0 Å². The van der Waals surface area contributed by atoms with Gasteiger partial charge in [0, 0.05) is 6.04 Å². The first-order chi connectivity index (χ1) is 15.7. The zero-order valence-electron chi connectivity index (χ0n) is 18.6. The van der Waals surface area contributed by atoms with E-state index in [0.29, 0.717) is 11.3 Å². The number of amides is 3. The second kappa shape index (κ2) is 10.9. The van der Waals surface area contributed by atoms with Crippen molar-refractivity contribution < 1.29 is 22.7 Å². The average Bonchev–Trinajstić information content (AvgIpc) is 2.78. The third-order valence-corrected chi connectivity index (χ3v) is 7.47. The van der Waals surface area contributed by atoms with Crippen LogP contribution in [0.25, 0.3) is 0 Å². The molecule has 0 saturated heterocycles. The Bertz CT molecular complexity index is 1120. The molecule has 0 bridgehead atoms. The Hall–Kier alpha value is -2.78. The Balaban J connectivity index is 1.81. The number of rotatable bonds is 7. The van der Waals surface area contributed by atoms with E-state index in [1.807, 2.05) is 0 Å². The van der Waals surface area contributed by atoms with E-state index in [4.69, 9.17) is 16.3 Å². The van der Waals surface area contributed by atoms with Gasteiger partial charge in [-0.25, -0.2) is 17.9 Å². The van der Waals surface area contributed by atoms with Gasteiger partial charge in [0.2, 0.25) is 0 Å². The van der Waals surface area contributed by atoms with Gasteiger partial charge in [0.1, 0.15) is 10.6 Å². The number of halogens is 1. The predicted molar refractivity (Wildman–Crippen MR) is 126 cm³/mol. The molecule has 1 unspecified atom stereocenters. The molecule has 1 fully saturated rings. The maximum atomic E-state index is 13.1. The molecule has 0 spiro atoms. The zero-order valence-corrected chi connectivity index (χ0v) is 20.1. The minimum absolute atomic E-state index is 0.0520. The number of methoxy groups -OCH3 is 1. The second-order valence-electron chi connectivity index (χ2n) is 7.97. The van der Waals surface area contributed by atoms with Crippen molar-refractivity contribution in [2.24, 2.45) is 0 Å². The molecule has 178 valence electrons. The third-order valence-electron chi connectivity index (χ3n) is 5.60. The smallest absolute Gasteiger partial charge is 0.328 e. The van der Waals surface area contributed by atoms with Crippen LogP contribution in [0.1, 0.15) is 61.0 Å². The van der Waals surface area contributed by atoms with Crippen LogP contribution >= 0.6 is 11.6 Å². The summed E-state index contributed by atoms with van der Waals surface area (Å²) in [7, 11) is -2.84. The molecule has 1 aliphatic carbocycles. The van der Waals surface area contributed by atoms with E-state index in [0.717, 1.165) is 32.1 Å². The van der Waals surface area contributed by atoms with Gasteiger partial charge in [-0.3, -0.25) is 4.79 Å². The van der Waals surface area contributed by atoms with Gasteiger partial charge in [-0.2, -0.15) is 0 Å². The molecule has 3 N–H and O–H groups in total. The van der Waals surface area contributed by atoms with E-state index in [2.05, 4.69) is 15.4 Å². The van der Waals surface area contributed by atoms with Gasteiger partial charge in [0.15, 0.2) is 0 Å². The monoisotopic (exact) mass is 493 g/mol. The molecular weight excluding hydrogens is 466 g/mol. The normalized spacial score (nSPS) is 15.4. The summed E-state index contributed by atoms with van der Waals surface area (Å²) in [6.45, 7) is 1.64. The molecule has 33 heavy (non-hydrogen) atoms. The fourth-order valence-corrected chi connectivity index (χ4v) is 5.74. The first-order valence-corrected chi connectivity index (χ1v) is 12.6. The van der Waals surface area contributed by atoms with Crippen molar-refractivity contribution in [2.75, 3.05) is 7.11 Å². The maximum Gasteiger partial charge on any atom is 0.328 e. The molecule has 1 atom stereocenters. The fourth-order valence-electron chi connectivity index (χ4n) is 3.97. The van der Waals surface area contributed by atoms with Gasteiger partial charge >= 0.3 is 6.03 Å². The zero-order chi connectivity index (χ0) is 24.0. The van der Waals surface area contributed by atoms with Crippen LogP contribution in [0.4, 0.5) is 4.79 Å². The third kappa shape index (κ3) is 6.17. The van der Waals surface area contributed by atoms with E-state index in [1.165, 1.54) is 13.2 Å². The lowest BCUT2D eigenvalue weighted by Crippen LogP contribution is -2.45. The van der Waals surface area contributed by atoms with E-state index < -0.39 is 28.0 Å². The highest BCUT2D eigenvalue weighted by molar-refractivity contribution is 7.90. The molecule has 8 nitrogen and oxygen atoms in total. The summed E-state index contributed by atoms with van der Waals surface area (Å²) in [6, 6.07) is 9.69. The molecule has 1 aliphatic rings. The Morgan fingerprint density at radius 2 is 1.76 bits per heavy atom. The minimum atomic E-state index is -4.30. The highest BCUT2D eigenvalue weighted by atomic mass is 35.5. The summed E-state index contributed by atoms with van der Waals surface area (Å²) >= 11 is 6.25. The molecule has 0 heterocycles. The highest BCUT2D eigenvalue weighted by Gasteiger charge is 2.28. The SMILES string of the molecule is COc1ccccc1C(=O)NC(C)c1cccc(Cl)c1S(=O)(=O)NC(=O)NC1CCCCC1. The average molecular weight is 494 g/mol.